The van der Waals surface area contributed by atoms with Crippen molar-refractivity contribution in [3.8, 4) is 0 Å². The van der Waals surface area contributed by atoms with Crippen molar-refractivity contribution >= 4 is 34.2 Å². The van der Waals surface area contributed by atoms with Gasteiger partial charge in [0, 0.05) is 63.8 Å². The third kappa shape index (κ3) is 21.1. The van der Waals surface area contributed by atoms with Gasteiger partial charge in [-0.3, -0.25) is 0 Å². The first-order chi connectivity index (χ1) is 22.3. The number of rotatable bonds is 26. The summed E-state index contributed by atoms with van der Waals surface area (Å²) in [5.74, 6) is 0. The van der Waals surface area contributed by atoms with Crippen molar-refractivity contribution in [2.24, 2.45) is 0 Å². The van der Waals surface area contributed by atoms with E-state index in [1.165, 1.54) is 0 Å². The van der Waals surface area contributed by atoms with E-state index in [1.54, 1.807) is 0 Å². The number of hydrogen-bond acceptors (Lipinski definition) is 9. The van der Waals surface area contributed by atoms with Gasteiger partial charge in [-0.25, -0.2) is 0 Å². The van der Waals surface area contributed by atoms with Crippen LogP contribution in [-0.2, 0) is 40.1 Å². The second kappa shape index (κ2) is 21.4. The lowest BCUT2D eigenvalue weighted by atomic mass is 10.2. The first-order valence-corrected chi connectivity index (χ1v) is 28.2. The molecule has 0 bridgehead atoms. The van der Waals surface area contributed by atoms with Crippen LogP contribution in [0.2, 0.25) is 48.4 Å². The predicted octanol–water partition coefficient (Wildman–Crippen LogP) is 10.2. The van der Waals surface area contributed by atoms with E-state index in [2.05, 4.69) is 125 Å². The minimum Gasteiger partial charge on any atom is -0.415 e. The van der Waals surface area contributed by atoms with Gasteiger partial charge in [-0.1, -0.05) is 27.7 Å². The highest BCUT2D eigenvalue weighted by Crippen LogP contribution is 2.38. The Morgan fingerprint density at radius 1 is 0.327 bits per heavy atom. The van der Waals surface area contributed by atoms with Gasteiger partial charge in [0.05, 0.1) is 22.4 Å². The molecule has 0 fully saturated rings. The number of ether oxygens (including phenoxy) is 4. The van der Waals surface area contributed by atoms with Crippen molar-refractivity contribution in [2.75, 3.05) is 39.6 Å². The van der Waals surface area contributed by atoms with Crippen LogP contribution in [0.25, 0.3) is 0 Å². The van der Waals surface area contributed by atoms with Gasteiger partial charge >= 0.3 is 34.2 Å². The highest BCUT2D eigenvalue weighted by atomic mass is 28.5. The molecule has 0 saturated carbocycles. The van der Waals surface area contributed by atoms with Crippen LogP contribution in [0.4, 0.5) is 0 Å². The molecule has 4 atom stereocenters. The van der Waals surface area contributed by atoms with Crippen LogP contribution in [0.1, 0.15) is 125 Å². The quantitative estimate of drug-likeness (QED) is 0.0799. The zero-order chi connectivity index (χ0) is 38.3. The molecular weight excluding hydrogens is 689 g/mol. The Hall–Kier alpha value is 0.508. The summed E-state index contributed by atoms with van der Waals surface area (Å²) < 4.78 is 61.5. The average Bonchev–Trinajstić information content (AvgIpc) is 2.94. The second-order valence-electron chi connectivity index (χ2n) is 17.1. The molecule has 0 aromatic carbocycles. The van der Waals surface area contributed by atoms with Crippen molar-refractivity contribution in [3.05, 3.63) is 0 Å². The van der Waals surface area contributed by atoms with Gasteiger partial charge in [-0.2, -0.15) is 0 Å². The molecule has 0 N–H and O–H groups in total. The van der Waals surface area contributed by atoms with Crippen LogP contribution in [-0.4, -0.2) is 96.3 Å². The average molecular weight is 771 g/mol. The van der Waals surface area contributed by atoms with Crippen LogP contribution < -0.4 is 0 Å². The molecule has 0 aliphatic carbocycles. The molecule has 4 unspecified atom stereocenters. The summed E-state index contributed by atoms with van der Waals surface area (Å²) in [5, 5.41) is 0. The van der Waals surface area contributed by atoms with Gasteiger partial charge in [0.15, 0.2) is 0 Å². The van der Waals surface area contributed by atoms with E-state index < -0.39 is 34.2 Å². The monoisotopic (exact) mass is 771 g/mol. The van der Waals surface area contributed by atoms with Crippen LogP contribution in [0.5, 0.6) is 0 Å². The molecule has 0 saturated heterocycles. The van der Waals surface area contributed by atoms with Crippen molar-refractivity contribution < 1.29 is 40.1 Å². The number of hydrogen-bond donors (Lipinski definition) is 0. The van der Waals surface area contributed by atoms with Gasteiger partial charge in [0.2, 0.25) is 0 Å². The highest BCUT2D eigenvalue weighted by Gasteiger charge is 2.55. The van der Waals surface area contributed by atoms with Gasteiger partial charge in [0.1, 0.15) is 0 Å². The summed E-state index contributed by atoms with van der Waals surface area (Å²) in [5.41, 5.74) is -1.05. The van der Waals surface area contributed by atoms with Crippen LogP contribution in [0, 0.1) is 0 Å². The Kier molecular flexibility index (Phi) is 21.6. The maximum atomic E-state index is 7.76. The first-order valence-electron chi connectivity index (χ1n) is 19.3. The Bertz CT molecular complexity index is 818. The maximum absolute atomic E-state index is 7.76. The SMILES string of the molecule is CCO[Si](CC)(CCOC(C)(C)C)O[Si](CC)(CCOC(C)(C)C)O[Si](CC)(CCOC(C)(C)C)O[Si](CC)(CCOC(C)(C)C)OCC. The second-order valence-corrected chi connectivity index (χ2v) is 32.2. The summed E-state index contributed by atoms with van der Waals surface area (Å²) in [6, 6.07) is 5.95. The van der Waals surface area contributed by atoms with Crippen LogP contribution in [0.3, 0.4) is 0 Å². The molecule has 0 aromatic heterocycles. The third-order valence-corrected chi connectivity index (χ3v) is 26.9. The Morgan fingerprint density at radius 2 is 0.531 bits per heavy atom. The molecular formula is C36H82O9Si4. The van der Waals surface area contributed by atoms with E-state index in [1.807, 2.05) is 0 Å². The molecule has 0 radical (unpaired) electrons. The van der Waals surface area contributed by atoms with E-state index in [4.69, 9.17) is 40.1 Å². The molecule has 0 aliphatic heterocycles. The standard InChI is InChI=1S/C36H82O9Si4/c1-19-41-46(21-3,29-25-37-33(7,8)9)43-48(23-5,31-27-39-35(13,14)15)45-49(24-6,32-28-40-36(16,17)18)44-47(22-4,42-20-2)30-26-38-34(10,11)12/h19-32H2,1-18H3. The molecule has 0 heterocycles. The fourth-order valence-electron chi connectivity index (χ4n) is 5.49. The van der Waals surface area contributed by atoms with Crippen molar-refractivity contribution in [3.63, 3.8) is 0 Å². The third-order valence-electron chi connectivity index (χ3n) is 8.16. The van der Waals surface area contributed by atoms with Gasteiger partial charge < -0.3 is 40.1 Å². The molecule has 296 valence electrons. The van der Waals surface area contributed by atoms with E-state index in [0.717, 1.165) is 36.3 Å². The highest BCUT2D eigenvalue weighted by molar-refractivity contribution is 6.90. The summed E-state index contributed by atoms with van der Waals surface area (Å²) in [4.78, 5) is 0. The zero-order valence-electron chi connectivity index (χ0n) is 35.6. The molecule has 0 aromatic rings. The van der Waals surface area contributed by atoms with E-state index >= 15 is 0 Å². The largest absolute Gasteiger partial charge is 0.415 e. The van der Waals surface area contributed by atoms with E-state index in [9.17, 15) is 0 Å². The lowest BCUT2D eigenvalue weighted by Gasteiger charge is -2.48. The molecule has 49 heavy (non-hydrogen) atoms. The van der Waals surface area contributed by atoms with E-state index in [0.29, 0.717) is 51.7 Å². The lowest BCUT2D eigenvalue weighted by Crippen LogP contribution is -2.64. The van der Waals surface area contributed by atoms with Crippen LogP contribution >= 0.6 is 0 Å². The molecule has 0 amide bonds. The Labute approximate surface area is 308 Å². The van der Waals surface area contributed by atoms with E-state index in [-0.39, 0.29) is 22.4 Å². The summed E-state index contributed by atoms with van der Waals surface area (Å²) in [6.07, 6.45) is 0. The van der Waals surface area contributed by atoms with Crippen molar-refractivity contribution in [1.82, 2.24) is 0 Å². The minimum absolute atomic E-state index is 0.244. The van der Waals surface area contributed by atoms with Crippen molar-refractivity contribution in [2.45, 2.75) is 195 Å². The molecule has 9 nitrogen and oxygen atoms in total. The Balaban J connectivity index is 7.19. The smallest absolute Gasteiger partial charge is 0.331 e. The summed E-state index contributed by atoms with van der Waals surface area (Å²) in [6.45, 7) is 41.4. The molecule has 0 spiro atoms. The topological polar surface area (TPSA) is 83.1 Å². The Morgan fingerprint density at radius 3 is 0.714 bits per heavy atom. The predicted molar refractivity (Wildman–Crippen MR) is 213 cm³/mol. The summed E-state index contributed by atoms with van der Waals surface area (Å²) in [7, 11) is -11.6. The fourth-order valence-corrected chi connectivity index (χ4v) is 25.9. The molecule has 0 aliphatic rings. The zero-order valence-corrected chi connectivity index (χ0v) is 39.6. The van der Waals surface area contributed by atoms with Gasteiger partial charge in [-0.15, -0.1) is 0 Å². The van der Waals surface area contributed by atoms with Gasteiger partial charge in [0.25, 0.3) is 0 Å². The van der Waals surface area contributed by atoms with Crippen LogP contribution in [0.15, 0.2) is 0 Å². The van der Waals surface area contributed by atoms with Gasteiger partial charge in [-0.05, 0) is 121 Å². The maximum Gasteiger partial charge on any atom is 0.331 e. The lowest BCUT2D eigenvalue weighted by molar-refractivity contribution is 0.000176. The minimum atomic E-state index is -3.03. The molecule has 0 rings (SSSR count). The molecule has 13 heteroatoms. The normalized spacial score (nSPS) is 18.5. The first kappa shape index (κ1) is 49.5. The fraction of sp³-hybridized carbons (Fsp3) is 1.00. The summed E-state index contributed by atoms with van der Waals surface area (Å²) >= 11 is 0. The van der Waals surface area contributed by atoms with Crippen molar-refractivity contribution in [1.29, 1.82) is 0 Å².